The largest absolute Gasteiger partial charge is 0.543 e. The monoisotopic (exact) mass is 537 g/mol. The van der Waals surface area contributed by atoms with Crippen molar-refractivity contribution in [1.29, 1.82) is 0 Å². The Morgan fingerprint density at radius 1 is 1.42 bits per heavy atom. The highest BCUT2D eigenvalue weighted by Crippen LogP contribution is 2.47. The first kappa shape index (κ1) is 21.8. The van der Waals surface area contributed by atoms with Crippen LogP contribution < -0.4 is 14.4 Å². The molecule has 0 aliphatic carbocycles. The minimum atomic E-state index is -1.39. The number of ether oxygens (including phenoxy) is 1. The average Bonchev–Trinajstić information content (AvgIpc) is 3.20. The highest BCUT2D eigenvalue weighted by Gasteiger charge is 2.58. The predicted octanol–water partition coefficient (Wildman–Crippen LogP) is 0.206. The molecule has 2 aliphatic heterocycles. The minimum Gasteiger partial charge on any atom is -0.543 e. The van der Waals surface area contributed by atoms with Crippen LogP contribution in [0.2, 0.25) is 0 Å². The Balaban J connectivity index is 1.55. The fourth-order valence-corrected chi connectivity index (χ4v) is 5.03. The Bertz CT molecular complexity index is 1080. The number of aryl methyl sites for hydroxylation is 1. The van der Waals surface area contributed by atoms with Gasteiger partial charge in [-0.1, -0.05) is 13.0 Å². The fraction of sp³-hybridized carbons (Fsp3) is 0.409. The number of carbonyl (C=O) groups excluding carboxylic acids is 2. The number of benzene rings is 1. The van der Waals surface area contributed by atoms with Crippen LogP contribution in [-0.4, -0.2) is 45.2 Å². The molecule has 1 amide bonds. The van der Waals surface area contributed by atoms with E-state index in [1.165, 1.54) is 4.90 Å². The van der Waals surface area contributed by atoms with Crippen molar-refractivity contribution in [2.75, 3.05) is 6.61 Å². The normalized spacial score (nSPS) is 23.6. The van der Waals surface area contributed by atoms with E-state index < -0.39 is 18.0 Å². The standard InChI is InChI=1S/C22H24IN3O5/c1-12-15(20(22(29)30)26-19(12)18(13(2)27)21(26)28)10-31-17-8-14(4-5-16(17)23)9-25-7-6-24(3)11-25/h4-8,11-13,18-19,27H,9-10H2,1-3H3/t12?,13?,18-,19-/m1/s1. The number of carboxylic acid groups (broad SMARTS) is 1. The summed E-state index contributed by atoms with van der Waals surface area (Å²) in [5.41, 5.74) is 1.44. The van der Waals surface area contributed by atoms with Gasteiger partial charge in [0, 0.05) is 5.92 Å². The minimum absolute atomic E-state index is 0.0369. The molecule has 9 heteroatoms. The molecule has 1 aromatic carbocycles. The van der Waals surface area contributed by atoms with Crippen LogP contribution >= 0.6 is 22.6 Å². The van der Waals surface area contributed by atoms with Crippen LogP contribution in [-0.2, 0) is 23.2 Å². The maximum atomic E-state index is 12.4. The number of carboxylic acids is 1. The number of rotatable bonds is 7. The zero-order valence-corrected chi connectivity index (χ0v) is 19.6. The van der Waals surface area contributed by atoms with Crippen molar-refractivity contribution in [1.82, 2.24) is 9.47 Å². The maximum Gasteiger partial charge on any atom is 0.243 e. The lowest BCUT2D eigenvalue weighted by Gasteiger charge is -2.47. The van der Waals surface area contributed by atoms with Crippen LogP contribution in [0.3, 0.4) is 0 Å². The Morgan fingerprint density at radius 3 is 2.77 bits per heavy atom. The summed E-state index contributed by atoms with van der Waals surface area (Å²) >= 11 is 2.18. The van der Waals surface area contributed by atoms with Crippen molar-refractivity contribution in [3.05, 3.63) is 57.3 Å². The summed E-state index contributed by atoms with van der Waals surface area (Å²) in [6, 6.07) is 5.55. The summed E-state index contributed by atoms with van der Waals surface area (Å²) in [5.74, 6) is -1.97. The molecule has 0 radical (unpaired) electrons. The fourth-order valence-electron chi connectivity index (χ4n) is 4.54. The van der Waals surface area contributed by atoms with Gasteiger partial charge in [0.15, 0.2) is 0 Å². The summed E-state index contributed by atoms with van der Waals surface area (Å²) < 4.78 is 11.0. The number of fused-ring (bicyclic) bond motifs is 1. The van der Waals surface area contributed by atoms with Gasteiger partial charge in [-0.3, -0.25) is 4.79 Å². The van der Waals surface area contributed by atoms with E-state index in [2.05, 4.69) is 27.2 Å². The SMILES string of the molecule is CC(O)[C@H]1C(=O)N2C(C(=O)[O-])=C(COc3cc(Cn4cc[n+](C)c4)ccc3I)C(C)[C@H]12. The zero-order chi connectivity index (χ0) is 22.4. The van der Waals surface area contributed by atoms with Gasteiger partial charge in [-0.05, 0) is 52.8 Å². The van der Waals surface area contributed by atoms with Crippen LogP contribution in [0.1, 0.15) is 19.4 Å². The number of β-lactam (4-membered cyclic amide) rings is 1. The topological polar surface area (TPSA) is 98.7 Å². The number of imidazole rings is 1. The first-order chi connectivity index (χ1) is 14.7. The molecule has 164 valence electrons. The van der Waals surface area contributed by atoms with E-state index in [9.17, 15) is 19.8 Å². The van der Waals surface area contributed by atoms with Gasteiger partial charge in [0.25, 0.3) is 0 Å². The Kier molecular flexibility index (Phi) is 5.82. The van der Waals surface area contributed by atoms with Gasteiger partial charge in [-0.2, -0.15) is 0 Å². The number of aliphatic hydroxyl groups excluding tert-OH is 1. The lowest BCUT2D eigenvalue weighted by atomic mass is 9.78. The number of aliphatic hydroxyl groups is 1. The van der Waals surface area contributed by atoms with Gasteiger partial charge in [0.1, 0.15) is 31.3 Å². The first-order valence-electron chi connectivity index (χ1n) is 10.1. The molecule has 1 N–H and O–H groups in total. The van der Waals surface area contributed by atoms with E-state index in [-0.39, 0.29) is 30.2 Å². The van der Waals surface area contributed by atoms with E-state index in [1.54, 1.807) is 6.92 Å². The van der Waals surface area contributed by atoms with Crippen molar-refractivity contribution < 1.29 is 29.1 Å². The zero-order valence-electron chi connectivity index (χ0n) is 17.5. The van der Waals surface area contributed by atoms with E-state index in [1.807, 2.05) is 55.5 Å². The molecule has 1 fully saturated rings. The number of hydrogen-bond acceptors (Lipinski definition) is 5. The molecule has 8 nitrogen and oxygen atoms in total. The van der Waals surface area contributed by atoms with Crippen molar-refractivity contribution in [3.8, 4) is 5.75 Å². The van der Waals surface area contributed by atoms with Crippen LogP contribution in [0, 0.1) is 15.4 Å². The molecule has 2 aromatic rings. The smallest absolute Gasteiger partial charge is 0.243 e. The molecule has 4 rings (SSSR count). The number of aromatic nitrogens is 2. The Hall–Kier alpha value is -2.40. The third-order valence-corrected chi connectivity index (χ3v) is 6.97. The number of amides is 1. The third-order valence-electron chi connectivity index (χ3n) is 6.08. The molecular weight excluding hydrogens is 513 g/mol. The van der Waals surface area contributed by atoms with Gasteiger partial charge < -0.3 is 24.6 Å². The molecule has 2 aliphatic rings. The van der Waals surface area contributed by atoms with Gasteiger partial charge in [-0.15, -0.1) is 0 Å². The van der Waals surface area contributed by atoms with Gasteiger partial charge in [-0.25, -0.2) is 9.13 Å². The van der Waals surface area contributed by atoms with Crippen molar-refractivity contribution in [2.24, 2.45) is 18.9 Å². The molecule has 4 atom stereocenters. The number of aliphatic carboxylic acids is 1. The maximum absolute atomic E-state index is 12.4. The molecular formula is C22H24IN3O5. The summed E-state index contributed by atoms with van der Waals surface area (Å²) in [6.45, 7) is 4.13. The second-order valence-electron chi connectivity index (χ2n) is 8.22. The van der Waals surface area contributed by atoms with E-state index >= 15 is 0 Å². The van der Waals surface area contributed by atoms with Crippen LogP contribution in [0.25, 0.3) is 0 Å². The van der Waals surface area contributed by atoms with Crippen molar-refractivity contribution in [3.63, 3.8) is 0 Å². The Morgan fingerprint density at radius 2 is 2.16 bits per heavy atom. The number of nitrogens with zero attached hydrogens (tertiary/aromatic N) is 3. The van der Waals surface area contributed by atoms with Crippen LogP contribution in [0.15, 0.2) is 48.2 Å². The Labute approximate surface area is 193 Å². The highest BCUT2D eigenvalue weighted by atomic mass is 127. The third kappa shape index (κ3) is 3.84. The van der Waals surface area contributed by atoms with Crippen molar-refractivity contribution in [2.45, 2.75) is 32.5 Å². The van der Waals surface area contributed by atoms with E-state index in [0.717, 1.165) is 9.13 Å². The first-order valence-corrected chi connectivity index (χ1v) is 11.1. The van der Waals surface area contributed by atoms with Gasteiger partial charge >= 0.3 is 0 Å². The average molecular weight is 537 g/mol. The molecule has 31 heavy (non-hydrogen) atoms. The summed E-state index contributed by atoms with van der Waals surface area (Å²) in [6.07, 6.45) is 5.09. The molecule has 0 bridgehead atoms. The quantitative estimate of drug-likeness (QED) is 0.310. The van der Waals surface area contributed by atoms with E-state index in [4.69, 9.17) is 4.74 Å². The van der Waals surface area contributed by atoms with Gasteiger partial charge in [0.05, 0.1) is 40.3 Å². The van der Waals surface area contributed by atoms with Gasteiger partial charge in [0.2, 0.25) is 12.2 Å². The number of hydrogen-bond donors (Lipinski definition) is 1. The molecule has 1 saturated heterocycles. The predicted molar refractivity (Wildman–Crippen MR) is 116 cm³/mol. The summed E-state index contributed by atoms with van der Waals surface area (Å²) in [4.78, 5) is 25.5. The van der Waals surface area contributed by atoms with E-state index in [0.29, 0.717) is 17.9 Å². The number of carbonyl (C=O) groups is 2. The lowest BCUT2D eigenvalue weighted by molar-refractivity contribution is -0.671. The molecule has 2 unspecified atom stereocenters. The summed E-state index contributed by atoms with van der Waals surface area (Å²) in [5, 5.41) is 21.8. The molecule has 0 saturated carbocycles. The lowest BCUT2D eigenvalue weighted by Crippen LogP contribution is -2.64. The summed E-state index contributed by atoms with van der Waals surface area (Å²) in [7, 11) is 1.96. The molecule has 1 aromatic heterocycles. The highest BCUT2D eigenvalue weighted by molar-refractivity contribution is 14.1. The molecule has 3 heterocycles. The van der Waals surface area contributed by atoms with Crippen LogP contribution in [0.4, 0.5) is 0 Å². The second-order valence-corrected chi connectivity index (χ2v) is 9.38. The second kappa shape index (κ2) is 8.27. The molecule has 0 spiro atoms. The van der Waals surface area contributed by atoms with Crippen molar-refractivity contribution >= 4 is 34.5 Å². The van der Waals surface area contributed by atoms with Crippen LogP contribution in [0.5, 0.6) is 5.75 Å². The number of halogens is 1.